The summed E-state index contributed by atoms with van der Waals surface area (Å²) in [7, 11) is 0. The molecule has 0 fully saturated rings. The van der Waals surface area contributed by atoms with E-state index in [1.807, 2.05) is 12.1 Å². The van der Waals surface area contributed by atoms with E-state index in [-0.39, 0.29) is 0 Å². The first-order valence-electron chi connectivity index (χ1n) is 2.10. The third-order valence-electron chi connectivity index (χ3n) is 0.736. The van der Waals surface area contributed by atoms with Crippen molar-refractivity contribution in [3.8, 4) is 0 Å². The van der Waals surface area contributed by atoms with Crippen molar-refractivity contribution < 1.29 is 0 Å². The molecule has 40 valence electrons. The molecule has 0 aliphatic heterocycles. The second kappa shape index (κ2) is 2.65. The molecule has 0 aliphatic carbocycles. The van der Waals surface area contributed by atoms with Crippen LogP contribution in [0.2, 0.25) is 0 Å². The summed E-state index contributed by atoms with van der Waals surface area (Å²) in [4.78, 5) is 3.99. The summed E-state index contributed by atoms with van der Waals surface area (Å²) in [6.45, 7) is 0. The number of hydrogen-bond donors (Lipinski definition) is 0. The van der Waals surface area contributed by atoms with Crippen molar-refractivity contribution in [2.75, 3.05) is 0 Å². The zero-order valence-corrected chi connectivity index (χ0v) is 7.42. The van der Waals surface area contributed by atoms with Crippen molar-refractivity contribution in [1.82, 2.24) is 4.98 Å². The average Bonchev–Trinajstić information content (AvgIpc) is 1.77. The van der Waals surface area contributed by atoms with Crippen LogP contribution in [0.3, 0.4) is 0 Å². The molecule has 1 aromatic heterocycles. The molecule has 8 heavy (non-hydrogen) atoms. The third kappa shape index (κ3) is 1.33. The molecule has 0 atom stereocenters. The van der Waals surface area contributed by atoms with Crippen LogP contribution in [0.15, 0.2) is 18.3 Å². The SMILES string of the molecule is [Se]c1cccnc1[Se]. The van der Waals surface area contributed by atoms with Gasteiger partial charge in [0.25, 0.3) is 0 Å². The first-order chi connectivity index (χ1) is 3.80. The zero-order valence-electron chi connectivity index (χ0n) is 4.00. The average molecular weight is 235 g/mol. The minimum atomic E-state index is 0.938. The predicted octanol–water partition coefficient (Wildman–Crippen LogP) is -1.33. The Morgan fingerprint density at radius 3 is 2.50 bits per heavy atom. The van der Waals surface area contributed by atoms with E-state index in [9.17, 15) is 0 Å². The van der Waals surface area contributed by atoms with Gasteiger partial charge in [-0.25, -0.2) is 0 Å². The van der Waals surface area contributed by atoms with Crippen LogP contribution in [0, 0.1) is 0 Å². The van der Waals surface area contributed by atoms with Crippen LogP contribution in [0.25, 0.3) is 0 Å². The van der Waals surface area contributed by atoms with E-state index in [0.29, 0.717) is 0 Å². The van der Waals surface area contributed by atoms with Crippen LogP contribution in [0.5, 0.6) is 0 Å². The van der Waals surface area contributed by atoms with Crippen LogP contribution < -0.4 is 9.05 Å². The number of aromatic nitrogens is 1. The molecule has 1 rings (SSSR count). The molecule has 0 amide bonds. The van der Waals surface area contributed by atoms with Crippen LogP contribution in [-0.4, -0.2) is 37.0 Å². The molecule has 1 aromatic rings. The fourth-order valence-electron chi connectivity index (χ4n) is 0.376. The molecule has 0 bridgehead atoms. The van der Waals surface area contributed by atoms with Crippen molar-refractivity contribution in [1.29, 1.82) is 0 Å². The Bertz CT molecular complexity index is 167. The van der Waals surface area contributed by atoms with E-state index in [4.69, 9.17) is 0 Å². The van der Waals surface area contributed by atoms with E-state index >= 15 is 0 Å². The number of hydrogen-bond acceptors (Lipinski definition) is 1. The Morgan fingerprint density at radius 2 is 2.12 bits per heavy atom. The maximum absolute atomic E-state index is 3.99. The van der Waals surface area contributed by atoms with E-state index in [2.05, 4.69) is 37.0 Å². The molecule has 0 unspecified atom stereocenters. The molecule has 0 saturated heterocycles. The van der Waals surface area contributed by atoms with Crippen LogP contribution in [0.1, 0.15) is 0 Å². The first-order valence-corrected chi connectivity index (χ1v) is 3.81. The second-order valence-corrected chi connectivity index (χ2v) is 3.04. The van der Waals surface area contributed by atoms with E-state index in [0.717, 1.165) is 9.05 Å². The van der Waals surface area contributed by atoms with Gasteiger partial charge in [0, 0.05) is 0 Å². The quantitative estimate of drug-likeness (QED) is 0.508. The summed E-state index contributed by atoms with van der Waals surface area (Å²) in [6, 6.07) is 3.87. The minimum absolute atomic E-state index is 0.938. The van der Waals surface area contributed by atoms with Crippen molar-refractivity contribution in [2.24, 2.45) is 0 Å². The van der Waals surface area contributed by atoms with E-state index in [1.54, 1.807) is 6.20 Å². The maximum atomic E-state index is 3.99. The molecule has 1 nitrogen and oxygen atoms in total. The van der Waals surface area contributed by atoms with E-state index < -0.39 is 0 Å². The molecular formula is C5H3NSe2. The van der Waals surface area contributed by atoms with Crippen molar-refractivity contribution >= 4 is 41.1 Å². The van der Waals surface area contributed by atoms with Gasteiger partial charge in [0.15, 0.2) is 0 Å². The summed E-state index contributed by atoms with van der Waals surface area (Å²) in [5.74, 6) is 0. The van der Waals surface area contributed by atoms with Crippen molar-refractivity contribution in [3.05, 3.63) is 18.3 Å². The van der Waals surface area contributed by atoms with Gasteiger partial charge in [-0.2, -0.15) is 0 Å². The Hall–Kier alpha value is 0.189. The predicted molar refractivity (Wildman–Crippen MR) is 35.0 cm³/mol. The Morgan fingerprint density at radius 1 is 1.38 bits per heavy atom. The van der Waals surface area contributed by atoms with Crippen LogP contribution in [-0.2, 0) is 0 Å². The van der Waals surface area contributed by atoms with Gasteiger partial charge >= 0.3 is 64.4 Å². The molecule has 0 aromatic carbocycles. The molecule has 0 aliphatic rings. The number of nitrogens with zero attached hydrogens (tertiary/aromatic N) is 1. The number of rotatable bonds is 0. The van der Waals surface area contributed by atoms with Crippen LogP contribution in [0.4, 0.5) is 0 Å². The molecule has 3 heteroatoms. The summed E-state index contributed by atoms with van der Waals surface area (Å²) < 4.78 is 2.01. The van der Waals surface area contributed by atoms with Crippen LogP contribution >= 0.6 is 0 Å². The Labute approximate surface area is 64.5 Å². The van der Waals surface area contributed by atoms with Crippen molar-refractivity contribution in [3.63, 3.8) is 0 Å². The van der Waals surface area contributed by atoms with Gasteiger partial charge in [-0.1, -0.05) is 0 Å². The summed E-state index contributed by atoms with van der Waals surface area (Å²) in [5, 5.41) is 0. The van der Waals surface area contributed by atoms with Gasteiger partial charge in [0.1, 0.15) is 0 Å². The summed E-state index contributed by atoms with van der Waals surface area (Å²) in [5.41, 5.74) is 0. The van der Waals surface area contributed by atoms with E-state index in [1.165, 1.54) is 0 Å². The summed E-state index contributed by atoms with van der Waals surface area (Å²) >= 11 is 5.70. The number of pyridine rings is 1. The zero-order chi connectivity index (χ0) is 5.98. The third-order valence-corrected chi connectivity index (χ3v) is 2.77. The Kier molecular flexibility index (Phi) is 2.09. The first kappa shape index (κ1) is 6.31. The fourth-order valence-corrected chi connectivity index (χ4v) is 0.922. The monoisotopic (exact) mass is 237 g/mol. The van der Waals surface area contributed by atoms with Gasteiger partial charge in [-0.05, 0) is 0 Å². The molecule has 0 spiro atoms. The van der Waals surface area contributed by atoms with Gasteiger partial charge < -0.3 is 0 Å². The van der Waals surface area contributed by atoms with Gasteiger partial charge in [-0.15, -0.1) is 0 Å². The second-order valence-electron chi connectivity index (χ2n) is 1.31. The molecular weight excluding hydrogens is 232 g/mol. The van der Waals surface area contributed by atoms with Gasteiger partial charge in [-0.3, -0.25) is 0 Å². The normalized spacial score (nSPS) is 9.00. The molecule has 1 heterocycles. The molecule has 0 N–H and O–H groups in total. The topological polar surface area (TPSA) is 12.9 Å². The van der Waals surface area contributed by atoms with Gasteiger partial charge in [0.2, 0.25) is 0 Å². The standard InChI is InChI=1S/C5H3NSe2/c7-4-2-1-3-6-5(4)8/h1-3H. The Balaban J connectivity index is 3.13. The summed E-state index contributed by atoms with van der Waals surface area (Å²) in [6.07, 6.45) is 1.76. The van der Waals surface area contributed by atoms with Gasteiger partial charge in [0.05, 0.1) is 0 Å². The molecule has 0 saturated carbocycles. The fraction of sp³-hybridized carbons (Fsp3) is 0. The molecule has 2 radical (unpaired) electrons. The van der Waals surface area contributed by atoms with Crippen molar-refractivity contribution in [2.45, 2.75) is 0 Å².